The molecule has 0 saturated heterocycles. The topological polar surface area (TPSA) is 50.6 Å². The third-order valence-electron chi connectivity index (χ3n) is 3.61. The number of fused-ring (bicyclic) bond motifs is 1. The number of hydrogen-bond donors (Lipinski definition) is 1. The van der Waals surface area contributed by atoms with E-state index in [4.69, 9.17) is 16.1 Å². The van der Waals surface area contributed by atoms with Gasteiger partial charge in [0.2, 0.25) is 5.89 Å². The number of rotatable bonds is 4. The zero-order chi connectivity index (χ0) is 15.5. The van der Waals surface area contributed by atoms with Crippen molar-refractivity contribution in [1.29, 1.82) is 0 Å². The minimum atomic E-state index is 0.204. The highest BCUT2D eigenvalue weighted by Gasteiger charge is 2.11. The van der Waals surface area contributed by atoms with E-state index < -0.39 is 0 Å². The molecule has 3 aromatic rings. The predicted molar refractivity (Wildman–Crippen MR) is 85.9 cm³/mol. The van der Waals surface area contributed by atoms with E-state index in [1.165, 1.54) is 5.56 Å². The first-order chi connectivity index (χ1) is 10.7. The highest BCUT2D eigenvalue weighted by atomic mass is 16.3. The molecule has 1 N–H and O–H groups in total. The number of aryl methyl sites for hydroxylation is 2. The van der Waals surface area contributed by atoms with Crippen molar-refractivity contribution in [2.75, 3.05) is 6.61 Å². The lowest BCUT2D eigenvalue weighted by Gasteiger charge is -2.00. The number of aliphatic hydroxyl groups excluding tert-OH is 1. The molecule has 4 nitrogen and oxygen atoms in total. The Hall–Kier alpha value is -2.64. The molecule has 0 aliphatic carbocycles. The van der Waals surface area contributed by atoms with Crippen molar-refractivity contribution in [2.24, 2.45) is 0 Å². The van der Waals surface area contributed by atoms with E-state index in [0.717, 1.165) is 29.6 Å². The van der Waals surface area contributed by atoms with E-state index in [1.807, 2.05) is 37.3 Å². The molecule has 1 heterocycles. The first-order valence-electron chi connectivity index (χ1n) is 7.20. The van der Waals surface area contributed by atoms with Crippen LogP contribution in [0.1, 0.15) is 17.5 Å². The maximum Gasteiger partial charge on any atom is 0.227 e. The smallest absolute Gasteiger partial charge is 0.227 e. The average molecular weight is 292 g/mol. The van der Waals surface area contributed by atoms with Gasteiger partial charge < -0.3 is 9.52 Å². The van der Waals surface area contributed by atoms with Crippen LogP contribution in [-0.2, 0) is 6.42 Å². The summed E-state index contributed by atoms with van der Waals surface area (Å²) in [6, 6.07) is 11.6. The third-order valence-corrected chi connectivity index (χ3v) is 3.61. The highest BCUT2D eigenvalue weighted by Crippen LogP contribution is 2.30. The molecule has 0 aliphatic heterocycles. The SMILES string of the molecule is [C-]#[N+]c1cc(C)c2oc(-c3ccc(CCCO)cc3)nc2c1. The number of hydrogen-bond acceptors (Lipinski definition) is 3. The molecule has 0 atom stereocenters. The van der Waals surface area contributed by atoms with Gasteiger partial charge in [-0.1, -0.05) is 12.1 Å². The van der Waals surface area contributed by atoms with Crippen molar-refractivity contribution in [2.45, 2.75) is 19.8 Å². The number of aromatic nitrogens is 1. The summed E-state index contributed by atoms with van der Waals surface area (Å²) < 4.78 is 5.85. The van der Waals surface area contributed by atoms with Crippen molar-refractivity contribution >= 4 is 16.8 Å². The van der Waals surface area contributed by atoms with Crippen LogP contribution in [-0.4, -0.2) is 16.7 Å². The molecule has 0 fully saturated rings. The summed E-state index contributed by atoms with van der Waals surface area (Å²) in [6.07, 6.45) is 1.62. The summed E-state index contributed by atoms with van der Waals surface area (Å²) in [5, 5.41) is 8.86. The molecule has 0 amide bonds. The van der Waals surface area contributed by atoms with E-state index in [1.54, 1.807) is 6.07 Å². The maximum atomic E-state index is 8.86. The number of benzene rings is 2. The Morgan fingerprint density at radius 3 is 2.68 bits per heavy atom. The Morgan fingerprint density at radius 1 is 1.23 bits per heavy atom. The molecule has 0 unspecified atom stereocenters. The van der Waals surface area contributed by atoms with Gasteiger partial charge in [-0.15, -0.1) is 0 Å². The van der Waals surface area contributed by atoms with Crippen LogP contribution in [0.5, 0.6) is 0 Å². The van der Waals surface area contributed by atoms with Crippen LogP contribution in [0.4, 0.5) is 5.69 Å². The second-order valence-corrected chi connectivity index (χ2v) is 5.27. The fourth-order valence-corrected chi connectivity index (χ4v) is 2.47. The Kier molecular flexibility index (Phi) is 3.90. The van der Waals surface area contributed by atoms with Crippen LogP contribution in [0.3, 0.4) is 0 Å². The standard InChI is InChI=1S/C18H16N2O2/c1-12-10-15(19-2)11-16-17(12)22-18(20-16)14-7-5-13(6-8-14)4-3-9-21/h5-8,10-11,21H,3-4,9H2,1H3. The number of aliphatic hydroxyl groups is 1. The molecule has 0 bridgehead atoms. The van der Waals surface area contributed by atoms with Gasteiger partial charge in [0.1, 0.15) is 0 Å². The molecule has 110 valence electrons. The van der Waals surface area contributed by atoms with Gasteiger partial charge >= 0.3 is 0 Å². The third kappa shape index (κ3) is 2.72. The molecule has 0 aliphatic rings. The van der Waals surface area contributed by atoms with Gasteiger partial charge in [-0.3, -0.25) is 0 Å². The highest BCUT2D eigenvalue weighted by molar-refractivity contribution is 5.83. The minimum Gasteiger partial charge on any atom is -0.436 e. The lowest BCUT2D eigenvalue weighted by atomic mass is 10.1. The second kappa shape index (κ2) is 6.00. The lowest BCUT2D eigenvalue weighted by Crippen LogP contribution is -1.89. The Bertz CT molecular complexity index is 842. The molecule has 4 heteroatoms. The van der Waals surface area contributed by atoms with Crippen molar-refractivity contribution in [3.8, 4) is 11.5 Å². The number of oxazole rings is 1. The van der Waals surface area contributed by atoms with E-state index in [2.05, 4.69) is 9.83 Å². The molecule has 1 aromatic heterocycles. The van der Waals surface area contributed by atoms with Gasteiger partial charge in [-0.2, -0.15) is 0 Å². The molecule has 22 heavy (non-hydrogen) atoms. The van der Waals surface area contributed by atoms with Gasteiger partial charge in [-0.25, -0.2) is 9.83 Å². The summed E-state index contributed by atoms with van der Waals surface area (Å²) in [5.41, 5.74) is 5.02. The first kappa shape index (κ1) is 14.3. The summed E-state index contributed by atoms with van der Waals surface area (Å²) >= 11 is 0. The molecule has 0 spiro atoms. The van der Waals surface area contributed by atoms with Gasteiger partial charge in [0.25, 0.3) is 0 Å². The zero-order valence-corrected chi connectivity index (χ0v) is 12.3. The van der Waals surface area contributed by atoms with Crippen molar-refractivity contribution in [1.82, 2.24) is 4.98 Å². The Morgan fingerprint density at radius 2 is 2.00 bits per heavy atom. The van der Waals surface area contributed by atoms with E-state index >= 15 is 0 Å². The fourth-order valence-electron chi connectivity index (χ4n) is 2.47. The quantitative estimate of drug-likeness (QED) is 0.730. The van der Waals surface area contributed by atoms with Crippen LogP contribution in [0.15, 0.2) is 40.8 Å². The van der Waals surface area contributed by atoms with Crippen LogP contribution in [0.25, 0.3) is 27.4 Å². The van der Waals surface area contributed by atoms with Gasteiger partial charge in [-0.05, 0) is 55.2 Å². The minimum absolute atomic E-state index is 0.204. The van der Waals surface area contributed by atoms with E-state index in [0.29, 0.717) is 17.1 Å². The summed E-state index contributed by atoms with van der Waals surface area (Å²) in [6.45, 7) is 9.24. The molecular weight excluding hydrogens is 276 g/mol. The summed E-state index contributed by atoms with van der Waals surface area (Å²) in [7, 11) is 0. The van der Waals surface area contributed by atoms with E-state index in [9.17, 15) is 0 Å². The van der Waals surface area contributed by atoms with Crippen molar-refractivity contribution < 1.29 is 9.52 Å². The van der Waals surface area contributed by atoms with Crippen LogP contribution >= 0.6 is 0 Å². The Labute approximate surface area is 128 Å². The van der Waals surface area contributed by atoms with Crippen molar-refractivity contribution in [3.63, 3.8) is 0 Å². The van der Waals surface area contributed by atoms with Gasteiger partial charge in [0.15, 0.2) is 11.3 Å². The summed E-state index contributed by atoms with van der Waals surface area (Å²) in [5.74, 6) is 0.564. The van der Waals surface area contributed by atoms with Crippen LogP contribution in [0.2, 0.25) is 0 Å². The molecular formula is C18H16N2O2. The maximum absolute atomic E-state index is 8.86. The first-order valence-corrected chi connectivity index (χ1v) is 7.20. The van der Waals surface area contributed by atoms with E-state index in [-0.39, 0.29) is 6.61 Å². The zero-order valence-electron chi connectivity index (χ0n) is 12.3. The number of nitrogens with zero attached hydrogens (tertiary/aromatic N) is 2. The normalized spacial score (nSPS) is 10.8. The molecule has 0 saturated carbocycles. The molecule has 3 rings (SSSR count). The average Bonchev–Trinajstić information content (AvgIpc) is 2.98. The predicted octanol–water partition coefficient (Wildman–Crippen LogP) is 4.28. The fraction of sp³-hybridized carbons (Fsp3) is 0.222. The monoisotopic (exact) mass is 292 g/mol. The molecule has 0 radical (unpaired) electrons. The van der Waals surface area contributed by atoms with Crippen molar-refractivity contribution in [3.05, 3.63) is 58.9 Å². The van der Waals surface area contributed by atoms with Crippen LogP contribution in [0, 0.1) is 13.5 Å². The van der Waals surface area contributed by atoms with Crippen LogP contribution < -0.4 is 0 Å². The largest absolute Gasteiger partial charge is 0.436 e. The Balaban J connectivity index is 1.96. The van der Waals surface area contributed by atoms with Gasteiger partial charge in [0.05, 0.1) is 12.1 Å². The summed E-state index contributed by atoms with van der Waals surface area (Å²) in [4.78, 5) is 7.95. The van der Waals surface area contributed by atoms with Gasteiger partial charge in [0, 0.05) is 12.2 Å². The lowest BCUT2D eigenvalue weighted by molar-refractivity contribution is 0.288. The second-order valence-electron chi connectivity index (χ2n) is 5.27. The molecule has 2 aromatic carbocycles.